The van der Waals surface area contributed by atoms with Crippen molar-refractivity contribution in [3.8, 4) is 11.5 Å². The molecule has 10 heteroatoms. The summed E-state index contributed by atoms with van der Waals surface area (Å²) in [6.07, 6.45) is 6.63. The van der Waals surface area contributed by atoms with E-state index in [9.17, 15) is 14.4 Å². The summed E-state index contributed by atoms with van der Waals surface area (Å²) in [4.78, 5) is 43.5. The molecule has 2 aromatic carbocycles. The number of anilines is 2. The Kier molecular flexibility index (Phi) is 9.63. The van der Waals surface area contributed by atoms with Gasteiger partial charge in [0.05, 0.1) is 36.1 Å². The molecule has 4 rings (SSSR count). The van der Waals surface area contributed by atoms with Crippen LogP contribution in [0.5, 0.6) is 11.5 Å². The quantitative estimate of drug-likeness (QED) is 0.202. The number of carbonyl (C=O) groups is 3. The van der Waals surface area contributed by atoms with Crippen LogP contribution in [-0.4, -0.2) is 54.3 Å². The first-order valence-corrected chi connectivity index (χ1v) is 14.3. The van der Waals surface area contributed by atoms with E-state index in [0.29, 0.717) is 49.8 Å². The summed E-state index contributed by atoms with van der Waals surface area (Å²) in [7, 11) is 3.04. The molecule has 2 aromatic rings. The van der Waals surface area contributed by atoms with Gasteiger partial charge in [-0.25, -0.2) is 0 Å². The number of thiocarbonyl (C=S) groups is 1. The molecular formula is C29H33N3O5S2. The predicted molar refractivity (Wildman–Crippen MR) is 159 cm³/mol. The number of methoxy groups -OCH3 is 2. The maximum atomic E-state index is 13.7. The molecule has 0 spiro atoms. The fraction of sp³-hybridized carbons (Fsp3) is 0.379. The Morgan fingerprint density at radius 2 is 1.69 bits per heavy atom. The zero-order valence-corrected chi connectivity index (χ0v) is 24.1. The minimum Gasteiger partial charge on any atom is -0.497 e. The monoisotopic (exact) mass is 567 g/mol. The number of nitrogens with zero attached hydrogens (tertiary/aromatic N) is 2. The highest BCUT2D eigenvalue weighted by atomic mass is 32.2. The molecule has 2 aliphatic heterocycles. The molecule has 39 heavy (non-hydrogen) atoms. The number of hydrogen-bond acceptors (Lipinski definition) is 7. The van der Waals surface area contributed by atoms with E-state index in [1.807, 2.05) is 6.07 Å². The van der Waals surface area contributed by atoms with Crippen molar-refractivity contribution < 1.29 is 23.9 Å². The lowest BCUT2D eigenvalue weighted by Gasteiger charge is -2.18. The van der Waals surface area contributed by atoms with Crippen LogP contribution in [-0.2, 0) is 14.4 Å². The molecule has 3 amide bonds. The number of unbranched alkanes of at least 4 members (excludes halogenated alkanes) is 5. The van der Waals surface area contributed by atoms with Crippen molar-refractivity contribution in [1.82, 2.24) is 4.90 Å². The fourth-order valence-corrected chi connectivity index (χ4v) is 6.06. The van der Waals surface area contributed by atoms with Gasteiger partial charge in [-0.05, 0) is 24.6 Å². The van der Waals surface area contributed by atoms with Gasteiger partial charge in [0.15, 0.2) is 0 Å². The summed E-state index contributed by atoms with van der Waals surface area (Å²) < 4.78 is 11.0. The average molecular weight is 568 g/mol. The summed E-state index contributed by atoms with van der Waals surface area (Å²) in [5.41, 5.74) is 1.95. The van der Waals surface area contributed by atoms with E-state index < -0.39 is 11.8 Å². The van der Waals surface area contributed by atoms with Crippen molar-refractivity contribution in [3.05, 3.63) is 52.9 Å². The maximum absolute atomic E-state index is 13.7. The lowest BCUT2D eigenvalue weighted by Crippen LogP contribution is -2.35. The Morgan fingerprint density at radius 3 is 2.44 bits per heavy atom. The Morgan fingerprint density at radius 1 is 0.949 bits per heavy atom. The van der Waals surface area contributed by atoms with Gasteiger partial charge in [0.1, 0.15) is 22.4 Å². The van der Waals surface area contributed by atoms with Crippen LogP contribution in [0.1, 0.15) is 51.0 Å². The molecule has 0 aromatic heterocycles. The highest BCUT2D eigenvalue weighted by Crippen LogP contribution is 2.44. The number of amides is 3. The number of thioether (sulfide) groups is 1. The number of fused-ring (bicyclic) bond motifs is 1. The van der Waals surface area contributed by atoms with E-state index in [1.165, 1.54) is 31.3 Å². The van der Waals surface area contributed by atoms with Crippen molar-refractivity contribution in [2.45, 2.75) is 45.4 Å². The summed E-state index contributed by atoms with van der Waals surface area (Å²) in [6.45, 7) is 2.49. The third-order valence-electron chi connectivity index (χ3n) is 6.72. The van der Waals surface area contributed by atoms with Crippen molar-refractivity contribution in [1.29, 1.82) is 0 Å². The van der Waals surface area contributed by atoms with Gasteiger partial charge < -0.3 is 14.8 Å². The lowest BCUT2D eigenvalue weighted by atomic mass is 10.1. The second-order valence-electron chi connectivity index (χ2n) is 9.32. The van der Waals surface area contributed by atoms with Crippen molar-refractivity contribution in [3.63, 3.8) is 0 Å². The van der Waals surface area contributed by atoms with Crippen LogP contribution >= 0.6 is 24.0 Å². The number of nitrogens with one attached hydrogen (secondary N) is 1. The summed E-state index contributed by atoms with van der Waals surface area (Å²) in [6, 6.07) is 12.2. The molecule has 206 valence electrons. The molecule has 2 aliphatic rings. The van der Waals surface area contributed by atoms with Gasteiger partial charge in [-0.15, -0.1) is 0 Å². The fourth-order valence-electron chi connectivity index (χ4n) is 4.68. The highest BCUT2D eigenvalue weighted by Gasteiger charge is 2.42. The third-order valence-corrected chi connectivity index (χ3v) is 8.17. The van der Waals surface area contributed by atoms with Gasteiger partial charge in [-0.2, -0.15) is 0 Å². The maximum Gasteiger partial charge on any atom is 0.267 e. The Hall–Kier alpha value is -3.37. The lowest BCUT2D eigenvalue weighted by molar-refractivity contribution is -0.122. The van der Waals surface area contributed by atoms with E-state index in [4.69, 9.17) is 21.7 Å². The van der Waals surface area contributed by atoms with Gasteiger partial charge in [0.2, 0.25) is 5.91 Å². The van der Waals surface area contributed by atoms with Crippen LogP contribution < -0.4 is 19.7 Å². The topological polar surface area (TPSA) is 88.2 Å². The van der Waals surface area contributed by atoms with Crippen molar-refractivity contribution >= 4 is 63.0 Å². The van der Waals surface area contributed by atoms with Gasteiger partial charge in [-0.3, -0.25) is 24.2 Å². The molecule has 0 radical (unpaired) electrons. The summed E-state index contributed by atoms with van der Waals surface area (Å²) >= 11 is 6.69. The Labute approximate surface area is 238 Å². The zero-order valence-electron chi connectivity index (χ0n) is 22.5. The van der Waals surface area contributed by atoms with E-state index >= 15 is 0 Å². The van der Waals surface area contributed by atoms with Crippen LogP contribution in [0.3, 0.4) is 0 Å². The minimum absolute atomic E-state index is 0.230. The number of carbonyl (C=O) groups excluding carboxylic acids is 3. The molecular weight excluding hydrogens is 534 g/mol. The van der Waals surface area contributed by atoms with Gasteiger partial charge in [0.25, 0.3) is 11.8 Å². The number of hydrogen-bond donors (Lipinski definition) is 1. The number of ether oxygens (including phenoxy) is 2. The molecule has 0 unspecified atom stereocenters. The molecule has 0 saturated carbocycles. The Balaban J connectivity index is 1.51. The van der Waals surface area contributed by atoms with E-state index in [-0.39, 0.29) is 12.5 Å². The van der Waals surface area contributed by atoms with Crippen LogP contribution in [0.2, 0.25) is 0 Å². The molecule has 0 atom stereocenters. The first-order valence-electron chi connectivity index (χ1n) is 13.1. The van der Waals surface area contributed by atoms with E-state index in [0.717, 1.165) is 31.0 Å². The van der Waals surface area contributed by atoms with Crippen LogP contribution in [0, 0.1) is 0 Å². The molecule has 1 saturated heterocycles. The van der Waals surface area contributed by atoms with Gasteiger partial charge in [-0.1, -0.05) is 81.2 Å². The zero-order chi connectivity index (χ0) is 27.9. The predicted octanol–water partition coefficient (Wildman–Crippen LogP) is 5.62. The summed E-state index contributed by atoms with van der Waals surface area (Å²) in [5, 5.41) is 2.81. The normalized spacial score (nSPS) is 16.6. The van der Waals surface area contributed by atoms with E-state index in [1.54, 1.807) is 48.4 Å². The van der Waals surface area contributed by atoms with Crippen molar-refractivity contribution in [2.24, 2.45) is 0 Å². The number of rotatable bonds is 12. The molecule has 1 N–H and O–H groups in total. The van der Waals surface area contributed by atoms with Crippen LogP contribution in [0.4, 0.5) is 11.4 Å². The van der Waals surface area contributed by atoms with Crippen molar-refractivity contribution in [2.75, 3.05) is 37.5 Å². The standard InChI is InChI=1S/C29H33N3O5S2/c1-4-5-6-7-8-11-16-31-28(35)26(39-29(31)38)25-20-12-9-10-13-22(20)32(27(25)34)18-24(33)30-21-15-14-19(36-2)17-23(21)37-3/h9-10,12-15,17H,4-8,11,16,18H2,1-3H3,(H,30,33)/b26-25-. The minimum atomic E-state index is -0.404. The Bertz CT molecular complexity index is 1310. The van der Waals surface area contributed by atoms with Crippen LogP contribution in [0.15, 0.2) is 47.4 Å². The molecule has 1 fully saturated rings. The smallest absolute Gasteiger partial charge is 0.267 e. The second kappa shape index (κ2) is 13.1. The summed E-state index contributed by atoms with van der Waals surface area (Å²) in [5.74, 6) is -0.0184. The molecule has 0 bridgehead atoms. The average Bonchev–Trinajstić information content (AvgIpc) is 3.37. The van der Waals surface area contributed by atoms with E-state index in [2.05, 4.69) is 12.2 Å². The van der Waals surface area contributed by atoms with Gasteiger partial charge >= 0.3 is 0 Å². The van der Waals surface area contributed by atoms with Gasteiger partial charge in [0, 0.05) is 18.2 Å². The third kappa shape index (κ3) is 6.28. The first kappa shape index (κ1) is 28.6. The SMILES string of the molecule is CCCCCCCCN1C(=O)/C(=C2/C(=O)N(CC(=O)Nc3ccc(OC)cc3OC)c3ccccc32)SC1=S. The molecule has 0 aliphatic carbocycles. The largest absolute Gasteiger partial charge is 0.497 e. The first-order chi connectivity index (χ1) is 18.9. The second-order valence-corrected chi connectivity index (χ2v) is 11.0. The number of para-hydroxylation sites is 1. The van der Waals surface area contributed by atoms with Crippen LogP contribution in [0.25, 0.3) is 5.57 Å². The number of benzene rings is 2. The highest BCUT2D eigenvalue weighted by molar-refractivity contribution is 8.26. The molecule has 2 heterocycles. The molecule has 8 nitrogen and oxygen atoms in total.